The van der Waals surface area contributed by atoms with Crippen molar-refractivity contribution in [1.82, 2.24) is 14.0 Å². The molecule has 1 aliphatic heterocycles. The molecule has 1 aromatic heterocycles. The van der Waals surface area contributed by atoms with Gasteiger partial charge in [0.2, 0.25) is 0 Å². The van der Waals surface area contributed by atoms with Gasteiger partial charge in [-0.3, -0.25) is 28.4 Å². The number of aromatic nitrogens is 2. The summed E-state index contributed by atoms with van der Waals surface area (Å²) in [5, 5.41) is 0. The number of carbonyl (C=O) groups excluding carboxylic acids is 2. The predicted molar refractivity (Wildman–Crippen MR) is 112 cm³/mol. The number of nitrogen functional groups attached to an aromatic ring is 1. The first-order valence-electron chi connectivity index (χ1n) is 9.74. The number of benzene rings is 1. The van der Waals surface area contributed by atoms with Gasteiger partial charge in [-0.1, -0.05) is 0 Å². The Kier molecular flexibility index (Phi) is 6.21. The van der Waals surface area contributed by atoms with E-state index in [1.165, 1.54) is 14.1 Å². The van der Waals surface area contributed by atoms with E-state index in [0.717, 1.165) is 9.13 Å². The second kappa shape index (κ2) is 8.66. The highest BCUT2D eigenvalue weighted by Crippen LogP contribution is 2.23. The summed E-state index contributed by atoms with van der Waals surface area (Å²) in [5.74, 6) is 0.116. The van der Waals surface area contributed by atoms with Crippen LogP contribution in [-0.4, -0.2) is 52.3 Å². The number of anilines is 1. The number of methoxy groups -OCH3 is 1. The Labute approximate surface area is 173 Å². The van der Waals surface area contributed by atoms with Crippen LogP contribution in [0.15, 0.2) is 33.9 Å². The van der Waals surface area contributed by atoms with Crippen molar-refractivity contribution in [1.29, 1.82) is 0 Å². The van der Waals surface area contributed by atoms with E-state index >= 15 is 0 Å². The number of likely N-dealkylation sites (tertiary alicyclic amines) is 1. The number of nitrogens with zero attached hydrogens (tertiary/aromatic N) is 3. The van der Waals surface area contributed by atoms with Crippen molar-refractivity contribution in [3.63, 3.8) is 0 Å². The normalized spacial score (nSPS) is 15.2. The van der Waals surface area contributed by atoms with Crippen molar-refractivity contribution >= 4 is 17.4 Å². The third-order valence-corrected chi connectivity index (χ3v) is 5.69. The first kappa shape index (κ1) is 21.5. The molecule has 1 fully saturated rings. The Morgan fingerprint density at radius 2 is 1.67 bits per heavy atom. The minimum Gasteiger partial charge on any atom is -0.497 e. The van der Waals surface area contributed by atoms with E-state index in [0.29, 0.717) is 37.2 Å². The molecule has 0 saturated carbocycles. The molecule has 160 valence electrons. The number of ether oxygens (including phenoxy) is 1. The Morgan fingerprint density at radius 1 is 1.07 bits per heavy atom. The van der Waals surface area contributed by atoms with E-state index < -0.39 is 17.0 Å². The van der Waals surface area contributed by atoms with Gasteiger partial charge in [-0.05, 0) is 50.2 Å². The number of ketones is 2. The first-order chi connectivity index (χ1) is 14.2. The number of piperidine rings is 1. The van der Waals surface area contributed by atoms with Crippen LogP contribution >= 0.6 is 0 Å². The summed E-state index contributed by atoms with van der Waals surface area (Å²) in [7, 11) is 4.31. The summed E-state index contributed by atoms with van der Waals surface area (Å²) in [5.41, 5.74) is 5.07. The summed E-state index contributed by atoms with van der Waals surface area (Å²) in [6, 6.07) is 7.04. The number of hydrogen-bond donors (Lipinski definition) is 1. The summed E-state index contributed by atoms with van der Waals surface area (Å²) >= 11 is 0. The Hall–Kier alpha value is -3.20. The Morgan fingerprint density at radius 3 is 2.23 bits per heavy atom. The minimum absolute atomic E-state index is 0.0150. The quantitative estimate of drug-likeness (QED) is 0.682. The maximum atomic E-state index is 12.7. The van der Waals surface area contributed by atoms with Crippen LogP contribution in [0, 0.1) is 5.92 Å². The van der Waals surface area contributed by atoms with Gasteiger partial charge in [-0.15, -0.1) is 0 Å². The van der Waals surface area contributed by atoms with Gasteiger partial charge in [0.1, 0.15) is 17.1 Å². The highest BCUT2D eigenvalue weighted by Gasteiger charge is 2.28. The van der Waals surface area contributed by atoms with Gasteiger partial charge >= 0.3 is 5.69 Å². The van der Waals surface area contributed by atoms with Gasteiger partial charge in [0.05, 0.1) is 13.7 Å². The number of nitrogens with two attached hydrogens (primary N) is 1. The zero-order chi connectivity index (χ0) is 22.0. The maximum Gasteiger partial charge on any atom is 0.332 e. The van der Waals surface area contributed by atoms with Crippen molar-refractivity contribution < 1.29 is 14.3 Å². The molecule has 2 aromatic rings. The maximum absolute atomic E-state index is 12.7. The molecule has 30 heavy (non-hydrogen) atoms. The van der Waals surface area contributed by atoms with Gasteiger partial charge in [-0.2, -0.15) is 0 Å². The van der Waals surface area contributed by atoms with Crippen LogP contribution in [-0.2, 0) is 14.1 Å². The van der Waals surface area contributed by atoms with Crippen molar-refractivity contribution in [2.24, 2.45) is 20.0 Å². The van der Waals surface area contributed by atoms with E-state index in [9.17, 15) is 19.2 Å². The van der Waals surface area contributed by atoms with E-state index in [4.69, 9.17) is 10.5 Å². The van der Waals surface area contributed by atoms with Crippen LogP contribution in [0.1, 0.15) is 33.6 Å². The van der Waals surface area contributed by atoms with Crippen LogP contribution in [0.25, 0.3) is 0 Å². The summed E-state index contributed by atoms with van der Waals surface area (Å²) in [6.45, 7) is 1.13. The summed E-state index contributed by atoms with van der Waals surface area (Å²) in [6.07, 6.45) is 1.25. The molecule has 0 bridgehead atoms. The molecule has 1 aliphatic rings. The molecule has 0 unspecified atom stereocenters. The van der Waals surface area contributed by atoms with E-state index in [-0.39, 0.29) is 29.6 Å². The third-order valence-electron chi connectivity index (χ3n) is 5.69. The smallest absolute Gasteiger partial charge is 0.332 e. The first-order valence-corrected chi connectivity index (χ1v) is 9.74. The van der Waals surface area contributed by atoms with Gasteiger partial charge in [0.15, 0.2) is 11.6 Å². The fourth-order valence-electron chi connectivity index (χ4n) is 3.75. The molecule has 0 amide bonds. The average Bonchev–Trinajstić information content (AvgIpc) is 2.76. The highest BCUT2D eigenvalue weighted by molar-refractivity contribution is 6.01. The summed E-state index contributed by atoms with van der Waals surface area (Å²) in [4.78, 5) is 51.7. The lowest BCUT2D eigenvalue weighted by Gasteiger charge is -2.30. The molecule has 0 aliphatic carbocycles. The van der Waals surface area contributed by atoms with Gasteiger partial charge in [0.25, 0.3) is 5.56 Å². The Balaban J connectivity index is 1.65. The fourth-order valence-corrected chi connectivity index (χ4v) is 3.75. The van der Waals surface area contributed by atoms with Crippen LogP contribution in [0.2, 0.25) is 0 Å². The second-order valence-electron chi connectivity index (χ2n) is 7.53. The van der Waals surface area contributed by atoms with Crippen LogP contribution in [0.5, 0.6) is 5.75 Å². The highest BCUT2D eigenvalue weighted by atomic mass is 16.5. The minimum atomic E-state index is -0.690. The largest absolute Gasteiger partial charge is 0.497 e. The lowest BCUT2D eigenvalue weighted by atomic mass is 9.88. The number of Topliss-reactive ketones (excluding diaryl/α,β-unsaturated/α-hetero) is 2. The zero-order valence-corrected chi connectivity index (χ0v) is 17.4. The molecule has 0 spiro atoms. The van der Waals surface area contributed by atoms with Crippen molar-refractivity contribution in [2.45, 2.75) is 12.8 Å². The van der Waals surface area contributed by atoms with Crippen LogP contribution in [0.4, 0.5) is 5.82 Å². The number of hydrogen-bond acceptors (Lipinski definition) is 7. The van der Waals surface area contributed by atoms with E-state index in [1.807, 2.05) is 4.90 Å². The monoisotopic (exact) mass is 414 g/mol. The van der Waals surface area contributed by atoms with Gasteiger partial charge < -0.3 is 10.5 Å². The van der Waals surface area contributed by atoms with Crippen molar-refractivity contribution in [3.05, 3.63) is 56.2 Å². The molecule has 3 rings (SSSR count). The number of carbonyl (C=O) groups is 2. The lowest BCUT2D eigenvalue weighted by molar-refractivity contribution is 0.0805. The molecule has 1 saturated heterocycles. The van der Waals surface area contributed by atoms with Gasteiger partial charge in [0, 0.05) is 25.6 Å². The molecular weight excluding hydrogens is 388 g/mol. The second-order valence-corrected chi connectivity index (χ2v) is 7.53. The molecule has 2 heterocycles. The molecule has 9 nitrogen and oxygen atoms in total. The molecule has 0 radical (unpaired) electrons. The molecule has 9 heteroatoms. The third kappa shape index (κ3) is 4.06. The van der Waals surface area contributed by atoms with E-state index in [2.05, 4.69) is 0 Å². The van der Waals surface area contributed by atoms with Crippen LogP contribution in [0.3, 0.4) is 0 Å². The standard InChI is InChI=1S/C21H26N4O5/c1-23-19(22)17(20(28)24(2)21(23)29)16(26)12-25-10-8-14(9-11-25)18(27)13-4-6-15(30-3)7-5-13/h4-7,14H,8-12,22H2,1-3H3. The van der Waals surface area contributed by atoms with Crippen molar-refractivity contribution in [3.8, 4) is 5.75 Å². The topological polar surface area (TPSA) is 117 Å². The van der Waals surface area contributed by atoms with Gasteiger partial charge in [-0.25, -0.2) is 4.79 Å². The number of rotatable bonds is 6. The fraction of sp³-hybridized carbons (Fsp3) is 0.429. The summed E-state index contributed by atoms with van der Waals surface area (Å²) < 4.78 is 7.09. The van der Waals surface area contributed by atoms with Crippen LogP contribution < -0.4 is 21.7 Å². The molecule has 1 aromatic carbocycles. The molecule has 2 N–H and O–H groups in total. The zero-order valence-electron chi connectivity index (χ0n) is 17.4. The molecular formula is C21H26N4O5. The Bertz CT molecular complexity index is 1080. The lowest BCUT2D eigenvalue weighted by Crippen LogP contribution is -2.44. The van der Waals surface area contributed by atoms with Crippen molar-refractivity contribution in [2.75, 3.05) is 32.5 Å². The van der Waals surface area contributed by atoms with E-state index in [1.54, 1.807) is 31.4 Å². The average molecular weight is 414 g/mol. The predicted octanol–water partition coefficient (Wildman–Crippen LogP) is 0.452. The molecule has 0 atom stereocenters. The SMILES string of the molecule is COc1ccc(C(=O)C2CCN(CC(=O)c3c(N)n(C)c(=O)n(C)c3=O)CC2)cc1.